The van der Waals surface area contributed by atoms with E-state index >= 15 is 0 Å². The number of aromatic nitrogens is 4. The van der Waals surface area contributed by atoms with Crippen molar-refractivity contribution in [2.24, 2.45) is 0 Å². The van der Waals surface area contributed by atoms with Crippen LogP contribution in [0.25, 0.3) is 0 Å². The van der Waals surface area contributed by atoms with E-state index in [2.05, 4.69) is 32.4 Å². The summed E-state index contributed by atoms with van der Waals surface area (Å²) < 4.78 is 2.02. The molecule has 1 N–H and O–H groups in total. The van der Waals surface area contributed by atoms with Crippen molar-refractivity contribution >= 4 is 22.4 Å². The molecule has 8 heteroatoms. The van der Waals surface area contributed by atoms with Gasteiger partial charge < -0.3 is 0 Å². The molecule has 0 spiro atoms. The molecule has 1 aliphatic rings. The fraction of sp³-hybridized carbons (Fsp3) is 0.625. The first-order chi connectivity index (χ1) is 11.7. The summed E-state index contributed by atoms with van der Waals surface area (Å²) in [7, 11) is 0. The number of unbranched alkanes of at least 4 members (excludes halogenated alkanes) is 1. The van der Waals surface area contributed by atoms with Gasteiger partial charge >= 0.3 is 0 Å². The minimum absolute atomic E-state index is 0.00858. The molecule has 0 bridgehead atoms. The van der Waals surface area contributed by atoms with Crippen LogP contribution in [0.15, 0.2) is 18.5 Å². The van der Waals surface area contributed by atoms with Gasteiger partial charge in [-0.1, -0.05) is 24.7 Å². The molecule has 0 saturated carbocycles. The predicted molar refractivity (Wildman–Crippen MR) is 94.1 cm³/mol. The molecule has 130 valence electrons. The minimum Gasteiger partial charge on any atom is -0.299 e. The van der Waals surface area contributed by atoms with Crippen LogP contribution in [0.4, 0.5) is 5.13 Å². The second kappa shape index (κ2) is 8.34. The zero-order valence-electron chi connectivity index (χ0n) is 14.0. The quantitative estimate of drug-likeness (QED) is 0.831. The molecule has 7 nitrogen and oxygen atoms in total. The lowest BCUT2D eigenvalue weighted by atomic mass is 10.1. The van der Waals surface area contributed by atoms with Crippen molar-refractivity contribution in [2.75, 3.05) is 25.0 Å². The molecule has 2 aromatic rings. The molecule has 0 aliphatic carbocycles. The van der Waals surface area contributed by atoms with E-state index in [4.69, 9.17) is 0 Å². The van der Waals surface area contributed by atoms with Crippen LogP contribution < -0.4 is 5.32 Å². The van der Waals surface area contributed by atoms with E-state index in [0.717, 1.165) is 50.2 Å². The van der Waals surface area contributed by atoms with Gasteiger partial charge in [-0.05, 0) is 25.3 Å². The van der Waals surface area contributed by atoms with Gasteiger partial charge in [0.1, 0.15) is 5.01 Å². The number of aryl methyl sites for hydroxylation is 1. The van der Waals surface area contributed by atoms with E-state index in [1.54, 1.807) is 0 Å². The van der Waals surface area contributed by atoms with Gasteiger partial charge in [0, 0.05) is 31.9 Å². The summed E-state index contributed by atoms with van der Waals surface area (Å²) in [6.07, 6.45) is 9.05. The van der Waals surface area contributed by atoms with E-state index in [1.165, 1.54) is 11.3 Å². The number of carbonyl (C=O) groups is 1. The maximum atomic E-state index is 12.2. The van der Waals surface area contributed by atoms with Crippen LogP contribution in [-0.4, -0.2) is 50.4 Å². The highest BCUT2D eigenvalue weighted by atomic mass is 32.1. The Morgan fingerprint density at radius 2 is 2.21 bits per heavy atom. The van der Waals surface area contributed by atoms with Crippen molar-refractivity contribution in [1.82, 2.24) is 24.9 Å². The Balaban J connectivity index is 1.42. The summed E-state index contributed by atoms with van der Waals surface area (Å²) in [6, 6.07) is 2.40. The summed E-state index contributed by atoms with van der Waals surface area (Å²) in [5, 5.41) is 17.0. The van der Waals surface area contributed by atoms with E-state index in [1.807, 2.05) is 23.1 Å². The lowest BCUT2D eigenvalue weighted by Gasteiger charge is -2.31. The number of anilines is 1. The third-order valence-corrected chi connectivity index (χ3v) is 5.18. The highest BCUT2D eigenvalue weighted by Gasteiger charge is 2.22. The Labute approximate surface area is 146 Å². The zero-order valence-corrected chi connectivity index (χ0v) is 14.8. The first-order valence-corrected chi connectivity index (χ1v) is 9.40. The number of amides is 1. The van der Waals surface area contributed by atoms with Crippen LogP contribution in [0.5, 0.6) is 0 Å². The number of hydrogen-bond donors (Lipinski definition) is 1. The average molecular weight is 348 g/mol. The predicted octanol–water partition coefficient (Wildman–Crippen LogP) is 2.35. The minimum atomic E-state index is -0.00858. The van der Waals surface area contributed by atoms with Gasteiger partial charge in [0.05, 0.1) is 12.6 Å². The topological polar surface area (TPSA) is 75.9 Å². The normalized spacial score (nSPS) is 16.4. The average Bonchev–Trinajstić information content (AvgIpc) is 3.25. The van der Waals surface area contributed by atoms with E-state index in [-0.39, 0.29) is 5.91 Å². The van der Waals surface area contributed by atoms with Gasteiger partial charge in [0.15, 0.2) is 0 Å². The first-order valence-electron chi connectivity index (χ1n) is 8.58. The second-order valence-electron chi connectivity index (χ2n) is 6.15. The molecule has 0 radical (unpaired) electrons. The number of nitrogens with one attached hydrogen (secondary N) is 1. The van der Waals surface area contributed by atoms with Crippen LogP contribution in [0, 0.1) is 0 Å². The molecular formula is C16H24N6OS. The van der Waals surface area contributed by atoms with Crippen LogP contribution in [0.2, 0.25) is 0 Å². The van der Waals surface area contributed by atoms with E-state index < -0.39 is 0 Å². The fourth-order valence-electron chi connectivity index (χ4n) is 2.93. The van der Waals surface area contributed by atoms with Gasteiger partial charge in [0.25, 0.3) is 0 Å². The zero-order chi connectivity index (χ0) is 16.8. The third kappa shape index (κ3) is 4.61. The molecule has 24 heavy (non-hydrogen) atoms. The lowest BCUT2D eigenvalue weighted by molar-refractivity contribution is -0.117. The number of hydrogen-bond acceptors (Lipinski definition) is 6. The van der Waals surface area contributed by atoms with Crippen molar-refractivity contribution in [1.29, 1.82) is 0 Å². The molecule has 3 rings (SSSR count). The molecule has 1 saturated heterocycles. The SMILES string of the molecule is CCCCc1nnc(NC(=O)CN2CCC(n3cccn3)CC2)s1. The molecular weight excluding hydrogens is 324 g/mol. The molecule has 1 aliphatic heterocycles. The lowest BCUT2D eigenvalue weighted by Crippen LogP contribution is -2.39. The molecule has 1 fully saturated rings. The molecule has 0 unspecified atom stereocenters. The molecule has 2 aromatic heterocycles. The number of nitrogens with zero attached hydrogens (tertiary/aromatic N) is 5. The van der Waals surface area contributed by atoms with Crippen LogP contribution in [0.1, 0.15) is 43.7 Å². The molecule has 1 amide bonds. The van der Waals surface area contributed by atoms with Gasteiger partial charge in [0.2, 0.25) is 11.0 Å². The highest BCUT2D eigenvalue weighted by Crippen LogP contribution is 2.21. The van der Waals surface area contributed by atoms with Crippen LogP contribution >= 0.6 is 11.3 Å². The summed E-state index contributed by atoms with van der Waals surface area (Å²) >= 11 is 1.48. The van der Waals surface area contributed by atoms with Crippen molar-refractivity contribution in [3.63, 3.8) is 0 Å². The summed E-state index contributed by atoms with van der Waals surface area (Å²) in [5.41, 5.74) is 0. The maximum absolute atomic E-state index is 12.2. The Morgan fingerprint density at radius 1 is 1.38 bits per heavy atom. The summed E-state index contributed by atoms with van der Waals surface area (Å²) in [4.78, 5) is 14.4. The third-order valence-electron chi connectivity index (χ3n) is 4.28. The number of rotatable bonds is 7. The Bertz CT molecular complexity index is 633. The smallest absolute Gasteiger partial charge is 0.240 e. The number of likely N-dealkylation sites (tertiary alicyclic amines) is 1. The monoisotopic (exact) mass is 348 g/mol. The molecule has 3 heterocycles. The number of piperidine rings is 1. The summed E-state index contributed by atoms with van der Waals surface area (Å²) in [6.45, 7) is 4.39. The van der Waals surface area contributed by atoms with Crippen molar-refractivity contribution in [3.05, 3.63) is 23.5 Å². The van der Waals surface area contributed by atoms with E-state index in [9.17, 15) is 4.79 Å². The Kier molecular flexibility index (Phi) is 5.92. The maximum Gasteiger partial charge on any atom is 0.240 e. The van der Waals surface area contributed by atoms with Crippen LogP contribution in [0.3, 0.4) is 0 Å². The van der Waals surface area contributed by atoms with Gasteiger partial charge in [-0.2, -0.15) is 5.10 Å². The summed E-state index contributed by atoms with van der Waals surface area (Å²) in [5.74, 6) is -0.00858. The largest absolute Gasteiger partial charge is 0.299 e. The highest BCUT2D eigenvalue weighted by molar-refractivity contribution is 7.15. The van der Waals surface area contributed by atoms with Crippen molar-refractivity contribution in [2.45, 2.75) is 45.1 Å². The Hall–Kier alpha value is -1.80. The van der Waals surface area contributed by atoms with E-state index in [0.29, 0.717) is 17.7 Å². The van der Waals surface area contributed by atoms with Gasteiger partial charge in [-0.3, -0.25) is 19.7 Å². The van der Waals surface area contributed by atoms with Crippen molar-refractivity contribution < 1.29 is 4.79 Å². The van der Waals surface area contributed by atoms with Crippen molar-refractivity contribution in [3.8, 4) is 0 Å². The fourth-order valence-corrected chi connectivity index (χ4v) is 3.73. The van der Waals surface area contributed by atoms with Crippen LogP contribution in [-0.2, 0) is 11.2 Å². The van der Waals surface area contributed by atoms with Gasteiger partial charge in [-0.25, -0.2) is 0 Å². The number of carbonyl (C=O) groups excluding carboxylic acids is 1. The Morgan fingerprint density at radius 3 is 2.92 bits per heavy atom. The first kappa shape index (κ1) is 17.0. The molecule has 0 aromatic carbocycles. The standard InChI is InChI=1S/C16H24N6OS/c1-2-3-5-15-19-20-16(24-15)18-14(23)12-21-10-6-13(7-11-21)22-9-4-8-17-22/h4,8-9,13H,2-3,5-7,10-12H2,1H3,(H,18,20,23). The van der Waals surface area contributed by atoms with Gasteiger partial charge in [-0.15, -0.1) is 10.2 Å². The second-order valence-corrected chi connectivity index (χ2v) is 7.21. The molecule has 0 atom stereocenters.